The number of carbonyl (C=O) groups is 2. The highest BCUT2D eigenvalue weighted by atomic mass is 32.1. The second-order valence-corrected chi connectivity index (χ2v) is 8.26. The summed E-state index contributed by atoms with van der Waals surface area (Å²) in [6, 6.07) is 3.61. The Labute approximate surface area is 177 Å². The Morgan fingerprint density at radius 3 is 2.43 bits per heavy atom. The van der Waals surface area contributed by atoms with E-state index in [1.165, 1.54) is 18.4 Å². The minimum atomic E-state index is -0.575. The Balaban J connectivity index is 1.99. The maximum Gasteiger partial charge on any atom is 0.341 e. The second kappa shape index (κ2) is 8.31. The number of hydrogen-bond donors (Lipinski definition) is 1. The van der Waals surface area contributed by atoms with Crippen molar-refractivity contribution in [2.24, 2.45) is 0 Å². The highest BCUT2D eigenvalue weighted by molar-refractivity contribution is 7.16. The van der Waals surface area contributed by atoms with Gasteiger partial charge in [-0.05, 0) is 56.5 Å². The molecule has 0 aliphatic heterocycles. The smallest absolute Gasteiger partial charge is 0.341 e. The van der Waals surface area contributed by atoms with Crippen LogP contribution in [-0.2, 0) is 16.0 Å². The molecule has 7 nitrogen and oxygen atoms in total. The number of aryl methyl sites for hydroxylation is 3. The molecule has 0 fully saturated rings. The summed E-state index contributed by atoms with van der Waals surface area (Å²) in [6.45, 7) is 7.30. The molecule has 2 aromatic heterocycles. The summed E-state index contributed by atoms with van der Waals surface area (Å²) in [7, 11) is 2.83. The zero-order valence-corrected chi connectivity index (χ0v) is 18.5. The molecular formula is C22H23NO6S. The van der Waals surface area contributed by atoms with Crippen molar-refractivity contribution in [2.75, 3.05) is 19.5 Å². The molecule has 0 aliphatic rings. The number of carbonyl (C=O) groups excluding carboxylic acids is 2. The first-order chi connectivity index (χ1) is 14.2. The van der Waals surface area contributed by atoms with Crippen LogP contribution in [0, 0.1) is 27.7 Å². The van der Waals surface area contributed by atoms with Gasteiger partial charge >= 0.3 is 11.6 Å². The summed E-state index contributed by atoms with van der Waals surface area (Å²) in [5.74, 6) is -0.374. The molecule has 30 heavy (non-hydrogen) atoms. The molecule has 0 radical (unpaired) electrons. The van der Waals surface area contributed by atoms with E-state index in [2.05, 4.69) is 5.32 Å². The van der Waals surface area contributed by atoms with Gasteiger partial charge in [0, 0.05) is 4.88 Å². The number of amides is 1. The van der Waals surface area contributed by atoms with E-state index in [0.29, 0.717) is 32.8 Å². The lowest BCUT2D eigenvalue weighted by Gasteiger charge is -2.12. The molecule has 3 aromatic rings. The normalized spacial score (nSPS) is 10.9. The summed E-state index contributed by atoms with van der Waals surface area (Å²) in [4.78, 5) is 38.3. The minimum absolute atomic E-state index is 0.197. The van der Waals surface area contributed by atoms with Crippen molar-refractivity contribution >= 4 is 39.2 Å². The van der Waals surface area contributed by atoms with Crippen LogP contribution in [0.5, 0.6) is 5.75 Å². The van der Waals surface area contributed by atoms with Crippen LogP contribution in [0.15, 0.2) is 21.3 Å². The van der Waals surface area contributed by atoms with Crippen LogP contribution >= 0.6 is 11.3 Å². The molecule has 0 saturated carbocycles. The molecule has 0 atom stereocenters. The number of hydrogen-bond acceptors (Lipinski definition) is 7. The van der Waals surface area contributed by atoms with Gasteiger partial charge in [-0.2, -0.15) is 0 Å². The summed E-state index contributed by atoms with van der Waals surface area (Å²) in [6.07, 6.45) is -0.197. The van der Waals surface area contributed by atoms with Crippen molar-refractivity contribution in [3.8, 4) is 5.75 Å². The van der Waals surface area contributed by atoms with E-state index in [4.69, 9.17) is 13.9 Å². The number of esters is 1. The molecular weight excluding hydrogens is 406 g/mol. The average Bonchev–Trinajstić information content (AvgIpc) is 2.96. The number of benzene rings is 1. The molecule has 0 aliphatic carbocycles. The quantitative estimate of drug-likeness (QED) is 0.485. The molecule has 1 aromatic carbocycles. The minimum Gasteiger partial charge on any atom is -0.496 e. The highest BCUT2D eigenvalue weighted by Crippen LogP contribution is 2.34. The van der Waals surface area contributed by atoms with Crippen LogP contribution in [0.1, 0.15) is 37.5 Å². The molecule has 1 N–H and O–H groups in total. The van der Waals surface area contributed by atoms with Crippen molar-refractivity contribution in [1.29, 1.82) is 0 Å². The topological polar surface area (TPSA) is 94.8 Å². The number of thiophene rings is 1. The van der Waals surface area contributed by atoms with Crippen LogP contribution in [0.2, 0.25) is 0 Å². The van der Waals surface area contributed by atoms with Gasteiger partial charge in [0.1, 0.15) is 16.3 Å². The Kier molecular flexibility index (Phi) is 5.98. The van der Waals surface area contributed by atoms with Gasteiger partial charge in [0.2, 0.25) is 5.91 Å². The third-order valence-electron chi connectivity index (χ3n) is 5.07. The average molecular weight is 429 g/mol. The van der Waals surface area contributed by atoms with Gasteiger partial charge in [-0.25, -0.2) is 9.59 Å². The standard InChI is InChI=1S/C22H23NO6S/c1-10-7-15(27-5)18-12(3)14(21(25)29-16(18)8-10)9-17(24)23-20-19(22(26)28-6)11(2)13(4)30-20/h7-8H,9H2,1-6H3,(H,23,24). The fourth-order valence-corrected chi connectivity index (χ4v) is 4.46. The van der Waals surface area contributed by atoms with Gasteiger partial charge in [-0.15, -0.1) is 11.3 Å². The summed E-state index contributed by atoms with van der Waals surface area (Å²) < 4.78 is 15.7. The van der Waals surface area contributed by atoms with E-state index in [1.807, 2.05) is 19.9 Å². The highest BCUT2D eigenvalue weighted by Gasteiger charge is 2.23. The van der Waals surface area contributed by atoms with Crippen molar-refractivity contribution in [2.45, 2.75) is 34.1 Å². The van der Waals surface area contributed by atoms with Crippen LogP contribution in [0.4, 0.5) is 5.00 Å². The third-order valence-corrected chi connectivity index (χ3v) is 6.19. The number of fused-ring (bicyclic) bond motifs is 1. The first-order valence-corrected chi connectivity index (χ1v) is 10.1. The van der Waals surface area contributed by atoms with E-state index in [9.17, 15) is 14.4 Å². The number of anilines is 1. The maximum absolute atomic E-state index is 12.7. The van der Waals surface area contributed by atoms with E-state index in [-0.39, 0.29) is 12.0 Å². The fourth-order valence-electron chi connectivity index (χ4n) is 3.40. The van der Waals surface area contributed by atoms with Gasteiger partial charge in [-0.1, -0.05) is 0 Å². The molecule has 0 saturated heterocycles. The van der Waals surface area contributed by atoms with Gasteiger partial charge < -0.3 is 19.2 Å². The van der Waals surface area contributed by atoms with Crippen molar-refractivity contribution in [3.63, 3.8) is 0 Å². The SMILES string of the molecule is COC(=O)c1c(NC(=O)Cc2c(C)c3c(OC)cc(C)cc3oc2=O)sc(C)c1C. The summed E-state index contributed by atoms with van der Waals surface area (Å²) in [5, 5.41) is 3.80. The molecule has 0 bridgehead atoms. The number of rotatable bonds is 5. The molecule has 1 amide bonds. The van der Waals surface area contributed by atoms with Crippen molar-refractivity contribution in [1.82, 2.24) is 0 Å². The third kappa shape index (κ3) is 3.82. The molecule has 2 heterocycles. The Morgan fingerprint density at radius 2 is 1.80 bits per heavy atom. The number of methoxy groups -OCH3 is 2. The molecule has 8 heteroatoms. The van der Waals surface area contributed by atoms with Gasteiger partial charge in [0.15, 0.2) is 0 Å². The van der Waals surface area contributed by atoms with E-state index in [0.717, 1.165) is 16.0 Å². The lowest BCUT2D eigenvalue weighted by atomic mass is 10.0. The fraction of sp³-hybridized carbons (Fsp3) is 0.318. The first kappa shape index (κ1) is 21.6. The Bertz CT molecular complexity index is 1220. The Morgan fingerprint density at radius 1 is 1.10 bits per heavy atom. The maximum atomic E-state index is 12.7. The van der Waals surface area contributed by atoms with Crippen molar-refractivity contribution < 1.29 is 23.5 Å². The number of ether oxygens (including phenoxy) is 2. The van der Waals surface area contributed by atoms with E-state index in [1.54, 1.807) is 27.0 Å². The van der Waals surface area contributed by atoms with E-state index < -0.39 is 17.5 Å². The monoisotopic (exact) mass is 429 g/mol. The van der Waals surface area contributed by atoms with Gasteiger partial charge in [0.25, 0.3) is 0 Å². The predicted molar refractivity (Wildman–Crippen MR) is 116 cm³/mol. The molecule has 3 rings (SSSR count). The van der Waals surface area contributed by atoms with Crippen LogP contribution in [0.3, 0.4) is 0 Å². The van der Waals surface area contributed by atoms with Gasteiger partial charge in [0.05, 0.1) is 37.2 Å². The molecule has 158 valence electrons. The number of nitrogens with one attached hydrogen (secondary N) is 1. The van der Waals surface area contributed by atoms with Crippen molar-refractivity contribution in [3.05, 3.63) is 55.2 Å². The predicted octanol–water partition coefficient (Wildman–Crippen LogP) is 4.06. The zero-order chi connectivity index (χ0) is 22.2. The summed E-state index contributed by atoms with van der Waals surface area (Å²) in [5.41, 5.74) is 2.68. The van der Waals surface area contributed by atoms with E-state index >= 15 is 0 Å². The van der Waals surface area contributed by atoms with Gasteiger partial charge in [-0.3, -0.25) is 4.79 Å². The Hall–Kier alpha value is -3.13. The van der Waals surface area contributed by atoms with Crippen LogP contribution in [0.25, 0.3) is 11.0 Å². The van der Waals surface area contributed by atoms with Crippen LogP contribution in [-0.4, -0.2) is 26.1 Å². The molecule has 0 spiro atoms. The van der Waals surface area contributed by atoms with Crippen LogP contribution < -0.4 is 15.7 Å². The first-order valence-electron chi connectivity index (χ1n) is 9.27. The second-order valence-electron chi connectivity index (χ2n) is 7.04. The molecule has 0 unspecified atom stereocenters. The summed E-state index contributed by atoms with van der Waals surface area (Å²) >= 11 is 1.29. The largest absolute Gasteiger partial charge is 0.496 e. The lowest BCUT2D eigenvalue weighted by molar-refractivity contribution is -0.115. The lowest BCUT2D eigenvalue weighted by Crippen LogP contribution is -2.21. The zero-order valence-electron chi connectivity index (χ0n) is 17.7.